The van der Waals surface area contributed by atoms with E-state index in [4.69, 9.17) is 5.73 Å². The minimum Gasteiger partial charge on any atom is -0.376 e. The molecule has 2 aliphatic rings. The number of nitrogens with one attached hydrogen (secondary N) is 2. The molecule has 1 saturated heterocycles. The molecule has 2 aromatic rings. The van der Waals surface area contributed by atoms with Crippen LogP contribution in [0.25, 0.3) is 10.9 Å². The first kappa shape index (κ1) is 23.7. The van der Waals surface area contributed by atoms with E-state index >= 15 is 0 Å². The van der Waals surface area contributed by atoms with Crippen molar-refractivity contribution in [2.45, 2.75) is 56.6 Å². The Hall–Kier alpha value is -2.50. The number of halogens is 3. The lowest BCUT2D eigenvalue weighted by atomic mass is 9.86. The zero-order valence-corrected chi connectivity index (χ0v) is 18.2. The second-order valence-electron chi connectivity index (χ2n) is 8.84. The van der Waals surface area contributed by atoms with Gasteiger partial charge in [0.1, 0.15) is 18.4 Å². The van der Waals surface area contributed by atoms with E-state index in [0.717, 1.165) is 37.8 Å². The first-order chi connectivity index (χ1) is 15.7. The van der Waals surface area contributed by atoms with E-state index in [1.165, 1.54) is 12.4 Å². The van der Waals surface area contributed by atoms with E-state index < -0.39 is 24.0 Å². The van der Waals surface area contributed by atoms with Crippen molar-refractivity contribution in [3.63, 3.8) is 0 Å². The van der Waals surface area contributed by atoms with Crippen LogP contribution < -0.4 is 16.4 Å². The summed E-state index contributed by atoms with van der Waals surface area (Å²) in [7, 11) is 0. The highest BCUT2D eigenvalue weighted by atomic mass is 19.4. The summed E-state index contributed by atoms with van der Waals surface area (Å²) >= 11 is 0. The topological polar surface area (TPSA) is 116 Å². The van der Waals surface area contributed by atoms with Gasteiger partial charge < -0.3 is 21.5 Å². The number of aromatic nitrogens is 2. The highest BCUT2D eigenvalue weighted by molar-refractivity contribution is 5.89. The highest BCUT2D eigenvalue weighted by Crippen LogP contribution is 2.33. The summed E-state index contributed by atoms with van der Waals surface area (Å²) in [4.78, 5) is 22.3. The van der Waals surface area contributed by atoms with Crippen LogP contribution in [0.1, 0.15) is 37.7 Å². The number of anilines is 1. The van der Waals surface area contributed by atoms with Crippen molar-refractivity contribution in [1.29, 1.82) is 0 Å². The van der Waals surface area contributed by atoms with Crippen molar-refractivity contribution in [2.24, 2.45) is 11.7 Å². The van der Waals surface area contributed by atoms with Crippen LogP contribution >= 0.6 is 0 Å². The van der Waals surface area contributed by atoms with E-state index in [2.05, 4.69) is 20.6 Å². The maximum Gasteiger partial charge on any atom is 0.416 e. The Morgan fingerprint density at radius 3 is 2.67 bits per heavy atom. The first-order valence-corrected chi connectivity index (χ1v) is 11.3. The number of hydrogen-bond donors (Lipinski definition) is 4. The molecule has 2 atom stereocenters. The third kappa shape index (κ3) is 5.53. The zero-order valence-electron chi connectivity index (χ0n) is 18.2. The van der Waals surface area contributed by atoms with Crippen LogP contribution in [0.2, 0.25) is 0 Å². The number of aliphatic hydroxyl groups excluding tert-OH is 1. The van der Waals surface area contributed by atoms with Gasteiger partial charge in [-0.25, -0.2) is 9.97 Å². The highest BCUT2D eigenvalue weighted by Gasteiger charge is 2.34. The molecule has 4 rings (SSSR count). The Morgan fingerprint density at radius 1 is 1.18 bits per heavy atom. The van der Waals surface area contributed by atoms with Gasteiger partial charge in [-0.1, -0.05) is 0 Å². The van der Waals surface area contributed by atoms with E-state index in [-0.39, 0.29) is 29.1 Å². The number of fused-ring (bicyclic) bond motifs is 1. The molecule has 180 valence electrons. The van der Waals surface area contributed by atoms with Gasteiger partial charge in [-0.15, -0.1) is 0 Å². The van der Waals surface area contributed by atoms with Gasteiger partial charge >= 0.3 is 6.18 Å². The predicted molar refractivity (Wildman–Crippen MR) is 117 cm³/mol. The minimum atomic E-state index is -4.47. The van der Waals surface area contributed by atoms with Crippen LogP contribution in [0.5, 0.6) is 0 Å². The maximum absolute atomic E-state index is 13.1. The molecule has 0 bridgehead atoms. The lowest BCUT2D eigenvalue weighted by molar-refractivity contribution is -0.137. The molecular weight excluding hydrogens is 437 g/mol. The van der Waals surface area contributed by atoms with Crippen LogP contribution in [-0.4, -0.2) is 63.8 Å². The second-order valence-corrected chi connectivity index (χ2v) is 8.84. The molecule has 33 heavy (non-hydrogen) atoms. The average Bonchev–Trinajstić information content (AvgIpc) is 3.12. The van der Waals surface area contributed by atoms with Crippen molar-refractivity contribution >= 4 is 22.6 Å². The maximum atomic E-state index is 13.1. The van der Waals surface area contributed by atoms with Gasteiger partial charge in [0.05, 0.1) is 17.1 Å². The van der Waals surface area contributed by atoms with E-state index in [9.17, 15) is 23.1 Å². The fourth-order valence-electron chi connectivity index (χ4n) is 4.60. The molecule has 1 amide bonds. The molecule has 1 saturated carbocycles. The fraction of sp³-hybridized carbons (Fsp3) is 0.591. The molecular formula is C22H29F3N6O2. The predicted octanol–water partition coefficient (Wildman–Crippen LogP) is 2.09. The summed E-state index contributed by atoms with van der Waals surface area (Å²) < 4.78 is 39.4. The Balaban J connectivity index is 1.33. The Bertz CT molecular complexity index is 980. The molecule has 1 aromatic carbocycles. The number of carbonyl (C=O) groups is 1. The van der Waals surface area contributed by atoms with Crippen LogP contribution in [-0.2, 0) is 11.0 Å². The Morgan fingerprint density at radius 2 is 1.94 bits per heavy atom. The fourth-order valence-corrected chi connectivity index (χ4v) is 4.60. The molecule has 0 radical (unpaired) electrons. The Labute approximate surface area is 189 Å². The van der Waals surface area contributed by atoms with Crippen LogP contribution in [0.3, 0.4) is 0 Å². The normalized spacial score (nSPS) is 26.5. The van der Waals surface area contributed by atoms with Gasteiger partial charge in [0, 0.05) is 37.0 Å². The lowest BCUT2D eigenvalue weighted by Gasteiger charge is -2.27. The van der Waals surface area contributed by atoms with Crippen LogP contribution in [0, 0.1) is 5.92 Å². The van der Waals surface area contributed by atoms with E-state index in [1.54, 1.807) is 0 Å². The van der Waals surface area contributed by atoms with Gasteiger partial charge in [0.2, 0.25) is 5.91 Å². The molecule has 1 aliphatic carbocycles. The van der Waals surface area contributed by atoms with Gasteiger partial charge in [0.15, 0.2) is 0 Å². The SMILES string of the molecule is N[C@H]1CC[C@@H](C(=O)NCCN2CC[C@H](Nc3ncnc4ccc(C(F)(F)F)cc34)C2O)CC1. The molecule has 2 fully saturated rings. The molecule has 1 aromatic heterocycles. The van der Waals surface area contributed by atoms with Crippen LogP contribution in [0.4, 0.5) is 19.0 Å². The quantitative estimate of drug-likeness (QED) is 0.515. The molecule has 1 aliphatic heterocycles. The van der Waals surface area contributed by atoms with Gasteiger partial charge in [0.25, 0.3) is 0 Å². The van der Waals surface area contributed by atoms with Crippen LogP contribution in [0.15, 0.2) is 24.5 Å². The standard InChI is InChI=1S/C22H29F3N6O2/c23-22(24,25)14-3-6-17-16(11-14)19(29-12-28-17)30-18-7-9-31(21(18)33)10-8-27-20(32)13-1-4-15(26)5-2-13/h3,6,11-13,15,18,21,33H,1-2,4-5,7-10,26H2,(H,27,32)(H,28,29,30)/t13-,15+,18-,21?/m0/s1. The lowest BCUT2D eigenvalue weighted by Crippen LogP contribution is -2.43. The number of carbonyl (C=O) groups excluding carboxylic acids is 1. The van der Waals surface area contributed by atoms with E-state index in [1.807, 2.05) is 4.90 Å². The van der Waals surface area contributed by atoms with Crippen molar-refractivity contribution in [2.75, 3.05) is 25.0 Å². The number of amides is 1. The van der Waals surface area contributed by atoms with Gasteiger partial charge in [-0.2, -0.15) is 13.2 Å². The Kier molecular flexibility index (Phi) is 7.01. The third-order valence-corrected chi connectivity index (χ3v) is 6.59. The number of nitrogens with two attached hydrogens (primary N) is 1. The minimum absolute atomic E-state index is 0.00430. The number of rotatable bonds is 6. The summed E-state index contributed by atoms with van der Waals surface area (Å²) in [5.74, 6) is 0.273. The van der Waals surface area contributed by atoms with Gasteiger partial charge in [-0.05, 0) is 50.3 Å². The summed E-state index contributed by atoms with van der Waals surface area (Å²) in [6, 6.07) is 3.09. The number of hydrogen-bond acceptors (Lipinski definition) is 7. The van der Waals surface area contributed by atoms with Gasteiger partial charge in [-0.3, -0.25) is 9.69 Å². The summed E-state index contributed by atoms with van der Waals surface area (Å²) in [5, 5.41) is 17.0. The number of alkyl halides is 3. The summed E-state index contributed by atoms with van der Waals surface area (Å²) in [5.41, 5.74) is 5.50. The van der Waals surface area contributed by atoms with Crippen molar-refractivity contribution in [1.82, 2.24) is 20.2 Å². The first-order valence-electron chi connectivity index (χ1n) is 11.3. The number of aliphatic hydroxyl groups is 1. The number of nitrogens with zero attached hydrogens (tertiary/aromatic N) is 3. The second kappa shape index (κ2) is 9.78. The molecule has 0 spiro atoms. The van der Waals surface area contributed by atoms with Crippen molar-refractivity contribution in [3.05, 3.63) is 30.1 Å². The monoisotopic (exact) mass is 466 g/mol. The molecule has 5 N–H and O–H groups in total. The number of likely N-dealkylation sites (tertiary alicyclic amines) is 1. The van der Waals surface area contributed by atoms with Crippen molar-refractivity contribution in [3.8, 4) is 0 Å². The summed E-state index contributed by atoms with van der Waals surface area (Å²) in [6.07, 6.45) is -0.144. The zero-order chi connectivity index (χ0) is 23.6. The summed E-state index contributed by atoms with van der Waals surface area (Å²) in [6.45, 7) is 1.47. The largest absolute Gasteiger partial charge is 0.416 e. The smallest absolute Gasteiger partial charge is 0.376 e. The third-order valence-electron chi connectivity index (χ3n) is 6.59. The molecule has 1 unspecified atom stereocenters. The number of benzene rings is 1. The molecule has 2 heterocycles. The van der Waals surface area contributed by atoms with E-state index in [0.29, 0.717) is 31.6 Å². The molecule has 8 nitrogen and oxygen atoms in total. The average molecular weight is 467 g/mol. The molecule has 11 heteroatoms. The van der Waals surface area contributed by atoms with Crippen molar-refractivity contribution < 1.29 is 23.1 Å².